The average Bonchev–Trinajstić information content (AvgIpc) is 3.61. The summed E-state index contributed by atoms with van der Waals surface area (Å²) >= 11 is 1.59. The highest BCUT2D eigenvalue weighted by Gasteiger charge is 2.34. The van der Waals surface area contributed by atoms with Gasteiger partial charge in [0.05, 0.1) is 30.4 Å². The van der Waals surface area contributed by atoms with Crippen LogP contribution in [0, 0.1) is 0 Å². The van der Waals surface area contributed by atoms with Crippen LogP contribution in [0.1, 0.15) is 40.2 Å². The monoisotopic (exact) mass is 529 g/mol. The molecule has 0 bridgehead atoms. The number of rotatable bonds is 7. The van der Waals surface area contributed by atoms with Crippen LogP contribution in [-0.2, 0) is 11.4 Å². The lowest BCUT2D eigenvalue weighted by Gasteiger charge is -2.28. The van der Waals surface area contributed by atoms with E-state index in [0.717, 1.165) is 27.3 Å². The van der Waals surface area contributed by atoms with Gasteiger partial charge in [-0.25, -0.2) is 14.5 Å². The highest BCUT2D eigenvalue weighted by atomic mass is 32.1. The highest BCUT2D eigenvalue weighted by molar-refractivity contribution is 7.12. The number of phenolic OH excluding ortho intramolecular Hbond substituents is 1. The third-order valence-electron chi connectivity index (χ3n) is 6.25. The molecule has 6 rings (SSSR count). The molecule has 0 unspecified atom stereocenters. The lowest BCUT2D eigenvalue weighted by atomic mass is 9.83. The molecule has 0 fully saturated rings. The number of benzene rings is 2. The maximum atomic E-state index is 10.1. The second-order valence-corrected chi connectivity index (χ2v) is 9.51. The molecule has 1 atom stereocenters. The Labute approximate surface area is 221 Å². The highest BCUT2D eigenvalue weighted by Crippen LogP contribution is 2.49. The van der Waals surface area contributed by atoms with Gasteiger partial charge in [-0.3, -0.25) is 0 Å². The van der Waals surface area contributed by atoms with Crippen LogP contribution in [0.25, 0.3) is 5.65 Å². The van der Waals surface area contributed by atoms with Crippen LogP contribution < -0.4 is 14.2 Å². The van der Waals surface area contributed by atoms with E-state index < -0.39 is 0 Å². The summed E-state index contributed by atoms with van der Waals surface area (Å²) in [6.07, 6.45) is 1.55. The number of thiophene rings is 1. The first-order chi connectivity index (χ1) is 18.6. The smallest absolute Gasteiger partial charge is 0.228 e. The van der Waals surface area contributed by atoms with Crippen LogP contribution in [0.15, 0.2) is 65.4 Å². The van der Waals surface area contributed by atoms with Crippen molar-refractivity contribution in [3.63, 3.8) is 0 Å². The number of fused-ring (bicyclic) bond motifs is 4. The molecule has 10 nitrogen and oxygen atoms in total. The molecule has 38 heavy (non-hydrogen) atoms. The fourth-order valence-corrected chi connectivity index (χ4v) is 5.17. The van der Waals surface area contributed by atoms with Crippen LogP contribution in [0.4, 0.5) is 0 Å². The minimum absolute atomic E-state index is 0.0888. The summed E-state index contributed by atoms with van der Waals surface area (Å²) in [5, 5.41) is 20.9. The molecule has 2 aromatic carbocycles. The van der Waals surface area contributed by atoms with E-state index in [-0.39, 0.29) is 18.3 Å². The summed E-state index contributed by atoms with van der Waals surface area (Å²) in [5.41, 5.74) is 3.84. The quantitative estimate of drug-likeness (QED) is 0.224. The van der Waals surface area contributed by atoms with Gasteiger partial charge in [-0.05, 0) is 42.1 Å². The summed E-state index contributed by atoms with van der Waals surface area (Å²) < 4.78 is 18.7. The molecule has 4 heterocycles. The minimum Gasteiger partial charge on any atom is -0.508 e. The van der Waals surface area contributed by atoms with Crippen molar-refractivity contribution in [1.29, 1.82) is 0 Å². The van der Waals surface area contributed by atoms with Crippen molar-refractivity contribution in [1.82, 2.24) is 19.6 Å². The number of aromatic hydroxyl groups is 1. The van der Waals surface area contributed by atoms with E-state index in [0.29, 0.717) is 34.6 Å². The summed E-state index contributed by atoms with van der Waals surface area (Å²) in [7, 11) is 3.19. The Morgan fingerprint density at radius 2 is 2.00 bits per heavy atom. The number of ether oxygens (including phenoxy) is 3. The Bertz CT molecular complexity index is 1660. The van der Waals surface area contributed by atoms with Crippen molar-refractivity contribution in [2.24, 2.45) is 5.16 Å². The third-order valence-corrected chi connectivity index (χ3v) is 7.23. The van der Waals surface area contributed by atoms with Crippen molar-refractivity contribution >= 4 is 22.7 Å². The zero-order chi connectivity index (χ0) is 26.2. The van der Waals surface area contributed by atoms with Crippen LogP contribution in [0.2, 0.25) is 0 Å². The number of oxime groups is 1. The molecule has 5 aromatic rings. The molecule has 1 aliphatic heterocycles. The molecule has 192 valence electrons. The van der Waals surface area contributed by atoms with Gasteiger partial charge in [0, 0.05) is 17.5 Å². The molecule has 0 amide bonds. The molecule has 0 radical (unpaired) electrons. The van der Waals surface area contributed by atoms with Gasteiger partial charge >= 0.3 is 0 Å². The van der Waals surface area contributed by atoms with E-state index in [4.69, 9.17) is 24.0 Å². The van der Waals surface area contributed by atoms with Gasteiger partial charge in [-0.1, -0.05) is 23.4 Å². The predicted molar refractivity (Wildman–Crippen MR) is 141 cm³/mol. The second kappa shape index (κ2) is 9.67. The number of methoxy groups -OCH3 is 2. The van der Waals surface area contributed by atoms with Crippen molar-refractivity contribution < 1.29 is 24.2 Å². The zero-order valence-electron chi connectivity index (χ0n) is 20.8. The molecule has 1 N–H and O–H groups in total. The predicted octanol–water partition coefficient (Wildman–Crippen LogP) is 5.14. The van der Waals surface area contributed by atoms with E-state index in [1.807, 2.05) is 48.7 Å². The Kier molecular flexibility index (Phi) is 6.04. The molecule has 11 heteroatoms. The van der Waals surface area contributed by atoms with Gasteiger partial charge in [-0.15, -0.1) is 16.4 Å². The molecular weight excluding hydrogens is 506 g/mol. The molecule has 0 saturated heterocycles. The fourth-order valence-electron chi connectivity index (χ4n) is 4.50. The van der Waals surface area contributed by atoms with Crippen LogP contribution in [0.3, 0.4) is 0 Å². The lowest BCUT2D eigenvalue weighted by Crippen LogP contribution is -2.15. The Morgan fingerprint density at radius 3 is 2.79 bits per heavy atom. The summed E-state index contributed by atoms with van der Waals surface area (Å²) in [6.45, 7) is 1.98. The lowest BCUT2D eigenvalue weighted by molar-refractivity contribution is 0.125. The van der Waals surface area contributed by atoms with E-state index >= 15 is 0 Å². The third kappa shape index (κ3) is 4.16. The zero-order valence-corrected chi connectivity index (χ0v) is 21.6. The molecule has 3 aromatic heterocycles. The van der Waals surface area contributed by atoms with E-state index in [2.05, 4.69) is 15.2 Å². The number of aromatic nitrogens is 4. The first-order valence-electron chi connectivity index (χ1n) is 11.7. The molecular formula is C27H23N5O5S. The van der Waals surface area contributed by atoms with Crippen molar-refractivity contribution in [3.05, 3.63) is 87.6 Å². The normalized spacial score (nSPS) is 14.5. The van der Waals surface area contributed by atoms with Crippen LogP contribution >= 0.6 is 11.3 Å². The van der Waals surface area contributed by atoms with E-state index in [9.17, 15) is 5.11 Å². The van der Waals surface area contributed by atoms with Gasteiger partial charge in [0.1, 0.15) is 17.8 Å². The van der Waals surface area contributed by atoms with E-state index in [1.54, 1.807) is 48.5 Å². The topological polar surface area (TPSA) is 113 Å². The Hall–Kier alpha value is -4.64. The molecule has 0 saturated carbocycles. The van der Waals surface area contributed by atoms with Gasteiger partial charge in [0.15, 0.2) is 29.6 Å². The maximum Gasteiger partial charge on any atom is 0.228 e. The number of hydrogen-bond acceptors (Lipinski definition) is 10. The summed E-state index contributed by atoms with van der Waals surface area (Å²) in [6, 6.07) is 14.7. The van der Waals surface area contributed by atoms with E-state index in [1.165, 1.54) is 0 Å². The van der Waals surface area contributed by atoms with Gasteiger partial charge in [0.25, 0.3) is 0 Å². The number of phenols is 1. The SMILES string of the molecule is COc1ccc([C@@H]2c3ccc(O)cc3Oc3ncn4nc(CO/N=C(/C)c5cccs5)nc4c32)cc1OC. The van der Waals surface area contributed by atoms with Crippen LogP contribution in [0.5, 0.6) is 28.9 Å². The van der Waals surface area contributed by atoms with Crippen molar-refractivity contribution in [3.8, 4) is 28.9 Å². The Balaban J connectivity index is 1.43. The second-order valence-electron chi connectivity index (χ2n) is 8.56. The maximum absolute atomic E-state index is 10.1. The first-order valence-corrected chi connectivity index (χ1v) is 12.6. The number of nitrogens with zero attached hydrogens (tertiary/aromatic N) is 5. The van der Waals surface area contributed by atoms with Gasteiger partial charge in [0.2, 0.25) is 5.88 Å². The van der Waals surface area contributed by atoms with Gasteiger partial charge < -0.3 is 24.2 Å². The Morgan fingerprint density at radius 1 is 1.13 bits per heavy atom. The summed E-state index contributed by atoms with van der Waals surface area (Å²) in [4.78, 5) is 15.9. The van der Waals surface area contributed by atoms with Crippen molar-refractivity contribution in [2.45, 2.75) is 19.4 Å². The largest absolute Gasteiger partial charge is 0.508 e. The summed E-state index contributed by atoms with van der Waals surface area (Å²) in [5.74, 6) is 2.31. The molecule has 0 spiro atoms. The first kappa shape index (κ1) is 23.7. The minimum atomic E-state index is -0.331. The molecule has 1 aliphatic rings. The average molecular weight is 530 g/mol. The van der Waals surface area contributed by atoms with Crippen LogP contribution in [-0.4, -0.2) is 44.6 Å². The molecule has 0 aliphatic carbocycles. The fraction of sp³-hybridized carbons (Fsp3) is 0.185. The van der Waals surface area contributed by atoms with Gasteiger partial charge in [-0.2, -0.15) is 0 Å². The van der Waals surface area contributed by atoms with Crippen molar-refractivity contribution in [2.75, 3.05) is 14.2 Å². The standard InChI is InChI=1S/C27H23N5O5S/c1-15(22-5-4-10-38-22)31-36-13-23-29-26-25-24(16-6-9-19(34-2)21(11-16)35-3)18-8-7-17(33)12-20(18)37-27(25)28-14-32(26)30-23/h4-12,14,24,33H,13H2,1-3H3/b31-15-/t24-/m1/s1. The number of hydrogen-bond donors (Lipinski definition) is 1.